The average Bonchev–Trinajstić information content (AvgIpc) is 2.44. The molecule has 21 heavy (non-hydrogen) atoms. The van der Waals surface area contributed by atoms with Gasteiger partial charge in [-0.3, -0.25) is 9.10 Å². The molecule has 116 valence electrons. The van der Waals surface area contributed by atoms with Crippen LogP contribution in [0.1, 0.15) is 0 Å². The van der Waals surface area contributed by atoms with E-state index < -0.39 is 10.0 Å². The standard InChI is InChI=1S/C13H17ClN2O4S/c1-21(18,19)16(12-4-2-3-11(14)9-12)10-13(17)15-5-7-20-8-6-15/h2-4,9H,5-8,10H2,1H3. The van der Waals surface area contributed by atoms with E-state index >= 15 is 0 Å². The van der Waals surface area contributed by atoms with Crippen molar-refractivity contribution in [2.45, 2.75) is 0 Å². The first-order valence-electron chi connectivity index (χ1n) is 6.47. The maximum atomic E-state index is 12.2. The number of halogens is 1. The summed E-state index contributed by atoms with van der Waals surface area (Å²) in [5.74, 6) is -0.247. The van der Waals surface area contributed by atoms with Crippen LogP contribution >= 0.6 is 11.6 Å². The molecule has 0 aliphatic carbocycles. The predicted octanol–water partition coefficient (Wildman–Crippen LogP) is 0.965. The molecule has 1 aliphatic rings. The van der Waals surface area contributed by atoms with E-state index in [0.717, 1.165) is 10.6 Å². The average molecular weight is 333 g/mol. The lowest BCUT2D eigenvalue weighted by molar-refractivity contribution is -0.133. The quantitative estimate of drug-likeness (QED) is 0.824. The molecular weight excluding hydrogens is 316 g/mol. The fourth-order valence-electron chi connectivity index (χ4n) is 2.07. The number of morpholine rings is 1. The maximum absolute atomic E-state index is 12.2. The summed E-state index contributed by atoms with van der Waals surface area (Å²) in [5.41, 5.74) is 0.381. The van der Waals surface area contributed by atoms with Crippen LogP contribution < -0.4 is 4.31 Å². The molecule has 1 aromatic carbocycles. The summed E-state index contributed by atoms with van der Waals surface area (Å²) in [6.07, 6.45) is 1.07. The smallest absolute Gasteiger partial charge is 0.243 e. The fourth-order valence-corrected chi connectivity index (χ4v) is 3.09. The van der Waals surface area contributed by atoms with Gasteiger partial charge in [-0.25, -0.2) is 8.42 Å². The SMILES string of the molecule is CS(=O)(=O)N(CC(=O)N1CCOCC1)c1cccc(Cl)c1. The van der Waals surface area contributed by atoms with E-state index in [4.69, 9.17) is 16.3 Å². The molecule has 1 aliphatic heterocycles. The van der Waals surface area contributed by atoms with Crippen LogP contribution in [0.2, 0.25) is 5.02 Å². The summed E-state index contributed by atoms with van der Waals surface area (Å²) in [6.45, 7) is 1.67. The number of rotatable bonds is 4. The molecule has 8 heteroatoms. The van der Waals surface area contributed by atoms with Crippen LogP contribution in [0.25, 0.3) is 0 Å². The third-order valence-electron chi connectivity index (χ3n) is 3.14. The van der Waals surface area contributed by atoms with Gasteiger partial charge in [-0.05, 0) is 18.2 Å². The van der Waals surface area contributed by atoms with Gasteiger partial charge < -0.3 is 9.64 Å². The number of hydrogen-bond donors (Lipinski definition) is 0. The van der Waals surface area contributed by atoms with Crippen LogP contribution in [-0.4, -0.2) is 58.3 Å². The van der Waals surface area contributed by atoms with Crippen molar-refractivity contribution in [1.82, 2.24) is 4.90 Å². The largest absolute Gasteiger partial charge is 0.378 e. The number of ether oxygens (including phenoxy) is 1. The van der Waals surface area contributed by atoms with E-state index in [1.807, 2.05) is 0 Å². The Morgan fingerprint density at radius 2 is 2.05 bits per heavy atom. The molecule has 0 N–H and O–H groups in total. The molecule has 1 fully saturated rings. The summed E-state index contributed by atoms with van der Waals surface area (Å²) in [6, 6.07) is 6.43. The lowest BCUT2D eigenvalue weighted by Gasteiger charge is -2.30. The third kappa shape index (κ3) is 4.33. The molecule has 1 heterocycles. The Balaban J connectivity index is 2.19. The topological polar surface area (TPSA) is 66.9 Å². The predicted molar refractivity (Wildman–Crippen MR) is 81.0 cm³/mol. The number of carbonyl (C=O) groups is 1. The molecule has 0 aromatic heterocycles. The van der Waals surface area contributed by atoms with Crippen LogP contribution in [0.3, 0.4) is 0 Å². The number of anilines is 1. The van der Waals surface area contributed by atoms with Crippen LogP contribution in [0.4, 0.5) is 5.69 Å². The first-order valence-corrected chi connectivity index (χ1v) is 8.69. The molecular formula is C13H17ClN2O4S. The van der Waals surface area contributed by atoms with Crippen molar-refractivity contribution in [1.29, 1.82) is 0 Å². The van der Waals surface area contributed by atoms with E-state index in [2.05, 4.69) is 0 Å². The summed E-state index contributed by atoms with van der Waals surface area (Å²) in [7, 11) is -3.57. The maximum Gasteiger partial charge on any atom is 0.243 e. The fraction of sp³-hybridized carbons (Fsp3) is 0.462. The van der Waals surface area contributed by atoms with Crippen molar-refractivity contribution in [2.75, 3.05) is 43.4 Å². The molecule has 0 bridgehead atoms. The van der Waals surface area contributed by atoms with Crippen LogP contribution in [0.15, 0.2) is 24.3 Å². The van der Waals surface area contributed by atoms with Crippen molar-refractivity contribution in [3.63, 3.8) is 0 Å². The molecule has 0 unspecified atom stereocenters. The zero-order valence-corrected chi connectivity index (χ0v) is 13.2. The first kappa shape index (κ1) is 16.1. The number of carbonyl (C=O) groups excluding carboxylic acids is 1. The van der Waals surface area contributed by atoms with Crippen molar-refractivity contribution in [2.24, 2.45) is 0 Å². The molecule has 6 nitrogen and oxygen atoms in total. The van der Waals surface area contributed by atoms with Gasteiger partial charge >= 0.3 is 0 Å². The van der Waals surface area contributed by atoms with Crippen molar-refractivity contribution in [3.05, 3.63) is 29.3 Å². The lowest BCUT2D eigenvalue weighted by atomic mass is 10.3. The normalized spacial score (nSPS) is 15.8. The molecule has 0 saturated carbocycles. The van der Waals surface area contributed by atoms with Gasteiger partial charge in [0.25, 0.3) is 0 Å². The van der Waals surface area contributed by atoms with Gasteiger partial charge in [0.15, 0.2) is 0 Å². The molecule has 1 saturated heterocycles. The lowest BCUT2D eigenvalue weighted by Crippen LogP contribution is -2.47. The van der Waals surface area contributed by atoms with Crippen LogP contribution in [0.5, 0.6) is 0 Å². The number of sulfonamides is 1. The summed E-state index contributed by atoms with van der Waals surface area (Å²) >= 11 is 5.89. The monoisotopic (exact) mass is 332 g/mol. The summed E-state index contributed by atoms with van der Waals surface area (Å²) < 4.78 is 30.1. The Labute approximate surface area is 129 Å². The number of hydrogen-bond acceptors (Lipinski definition) is 4. The zero-order valence-electron chi connectivity index (χ0n) is 11.7. The molecule has 0 spiro atoms. The molecule has 0 atom stereocenters. The molecule has 2 rings (SSSR count). The Morgan fingerprint density at radius 1 is 1.38 bits per heavy atom. The van der Waals surface area contributed by atoms with E-state index in [1.165, 1.54) is 6.07 Å². The van der Waals surface area contributed by atoms with Gasteiger partial charge in [0.1, 0.15) is 6.54 Å². The first-order chi connectivity index (χ1) is 9.88. The summed E-state index contributed by atoms with van der Waals surface area (Å²) in [4.78, 5) is 13.8. The van der Waals surface area contributed by atoms with Gasteiger partial charge in [0.2, 0.25) is 15.9 Å². The van der Waals surface area contributed by atoms with Gasteiger partial charge in [-0.15, -0.1) is 0 Å². The van der Waals surface area contributed by atoms with E-state index in [0.29, 0.717) is 37.0 Å². The van der Waals surface area contributed by atoms with Crippen LogP contribution in [-0.2, 0) is 19.6 Å². The molecule has 1 amide bonds. The number of benzene rings is 1. The second-order valence-electron chi connectivity index (χ2n) is 4.74. The highest BCUT2D eigenvalue weighted by Gasteiger charge is 2.25. The summed E-state index contributed by atoms with van der Waals surface area (Å²) in [5, 5.41) is 0.417. The number of nitrogens with zero attached hydrogens (tertiary/aromatic N) is 2. The van der Waals surface area contributed by atoms with Gasteiger partial charge in [0, 0.05) is 18.1 Å². The highest BCUT2D eigenvalue weighted by Crippen LogP contribution is 2.21. The minimum Gasteiger partial charge on any atom is -0.378 e. The zero-order chi connectivity index (χ0) is 15.5. The van der Waals surface area contributed by atoms with Crippen molar-refractivity contribution < 1.29 is 17.9 Å². The van der Waals surface area contributed by atoms with E-state index in [9.17, 15) is 13.2 Å². The Hall–Kier alpha value is -1.31. The van der Waals surface area contributed by atoms with E-state index in [-0.39, 0.29) is 12.5 Å². The van der Waals surface area contributed by atoms with Gasteiger partial charge in [-0.1, -0.05) is 17.7 Å². The minimum absolute atomic E-state index is 0.237. The highest BCUT2D eigenvalue weighted by molar-refractivity contribution is 7.92. The highest BCUT2D eigenvalue weighted by atomic mass is 35.5. The van der Waals surface area contributed by atoms with Crippen LogP contribution in [0, 0.1) is 0 Å². The van der Waals surface area contributed by atoms with E-state index in [1.54, 1.807) is 23.1 Å². The second-order valence-corrected chi connectivity index (χ2v) is 7.09. The third-order valence-corrected chi connectivity index (χ3v) is 4.51. The Morgan fingerprint density at radius 3 is 2.62 bits per heavy atom. The van der Waals surface area contributed by atoms with Gasteiger partial charge in [-0.2, -0.15) is 0 Å². The minimum atomic E-state index is -3.57. The second kappa shape index (κ2) is 6.64. The Bertz CT molecular complexity index is 614. The Kier molecular flexibility index (Phi) is 5.08. The molecule has 1 aromatic rings. The van der Waals surface area contributed by atoms with Gasteiger partial charge in [0.05, 0.1) is 25.2 Å². The number of amides is 1. The van der Waals surface area contributed by atoms with Crippen molar-refractivity contribution in [3.8, 4) is 0 Å². The molecule has 0 radical (unpaired) electrons. The van der Waals surface area contributed by atoms with Crippen molar-refractivity contribution >= 4 is 33.2 Å².